The first kappa shape index (κ1) is 28.6. The number of anilines is 3. The molecule has 0 spiro atoms. The molecule has 0 fully saturated rings. The van der Waals surface area contributed by atoms with E-state index < -0.39 is 21.7 Å². The molecule has 0 bridgehead atoms. The average molecular weight is 585 g/mol. The molecule has 0 aliphatic rings. The quantitative estimate of drug-likeness (QED) is 0.175. The van der Waals surface area contributed by atoms with Crippen LogP contribution in [0, 0.1) is 18.2 Å². The molecule has 0 saturated heterocycles. The van der Waals surface area contributed by atoms with Gasteiger partial charge in [-0.1, -0.05) is 29.8 Å². The van der Waals surface area contributed by atoms with Crippen LogP contribution in [-0.4, -0.2) is 40.9 Å². The number of hydrogen-bond acceptors (Lipinski definition) is 6. The minimum atomic E-state index is -3.69. The Morgan fingerprint density at radius 1 is 0.976 bits per heavy atom. The molecule has 1 heterocycles. The molecule has 4 aromatic carbocycles. The van der Waals surface area contributed by atoms with Crippen molar-refractivity contribution in [1.29, 1.82) is 5.41 Å². The number of nitrogens with one attached hydrogen (secondary N) is 3. The standard InChI is InChI=1S/C32H29FN4O4S/c1-19-5-13-24(14-6-19)36-27-15-21(7-8-22(27)18-34)25-16-26-29(17-28(25)37(3)42(4,39)40)41-31(30(26)32(38)35-2)20-9-11-23(33)12-10-20/h5-18,34,36H,1-4H3,(H,35,38). The van der Waals surface area contributed by atoms with Gasteiger partial charge in [-0.25, -0.2) is 12.8 Å². The van der Waals surface area contributed by atoms with Gasteiger partial charge in [-0.05, 0) is 61.0 Å². The van der Waals surface area contributed by atoms with Crippen LogP contribution in [0.3, 0.4) is 0 Å². The number of furan rings is 1. The summed E-state index contributed by atoms with van der Waals surface area (Å²) in [7, 11) is -0.746. The van der Waals surface area contributed by atoms with E-state index in [0.717, 1.165) is 21.8 Å². The highest BCUT2D eigenvalue weighted by Gasteiger charge is 2.26. The van der Waals surface area contributed by atoms with Crippen molar-refractivity contribution in [3.8, 4) is 22.5 Å². The molecule has 10 heteroatoms. The van der Waals surface area contributed by atoms with E-state index in [2.05, 4.69) is 10.6 Å². The summed E-state index contributed by atoms with van der Waals surface area (Å²) in [5.41, 5.74) is 5.73. The summed E-state index contributed by atoms with van der Waals surface area (Å²) >= 11 is 0. The topological polar surface area (TPSA) is 116 Å². The van der Waals surface area contributed by atoms with Gasteiger partial charge in [0.2, 0.25) is 10.0 Å². The molecular weight excluding hydrogens is 555 g/mol. The lowest BCUT2D eigenvalue weighted by atomic mass is 9.97. The Labute approximate surface area is 243 Å². The molecule has 5 aromatic rings. The molecule has 0 aliphatic carbocycles. The van der Waals surface area contributed by atoms with Crippen molar-refractivity contribution >= 4 is 50.2 Å². The number of nitrogens with zero attached hydrogens (tertiary/aromatic N) is 1. The fourth-order valence-electron chi connectivity index (χ4n) is 4.71. The van der Waals surface area contributed by atoms with Gasteiger partial charge >= 0.3 is 0 Å². The molecular formula is C32H29FN4O4S. The molecule has 214 valence electrons. The zero-order chi connectivity index (χ0) is 30.2. The summed E-state index contributed by atoms with van der Waals surface area (Å²) in [5.74, 6) is -0.612. The highest BCUT2D eigenvalue weighted by molar-refractivity contribution is 7.92. The van der Waals surface area contributed by atoms with E-state index in [0.29, 0.717) is 39.0 Å². The molecule has 1 aromatic heterocycles. The normalized spacial score (nSPS) is 11.4. The zero-order valence-electron chi connectivity index (χ0n) is 23.4. The lowest BCUT2D eigenvalue weighted by molar-refractivity contribution is 0.0964. The Balaban J connectivity index is 1.77. The third-order valence-corrected chi connectivity index (χ3v) is 8.25. The molecule has 3 N–H and O–H groups in total. The van der Waals surface area contributed by atoms with E-state index in [1.54, 1.807) is 24.3 Å². The summed E-state index contributed by atoms with van der Waals surface area (Å²) in [5, 5.41) is 14.4. The van der Waals surface area contributed by atoms with Crippen molar-refractivity contribution in [2.45, 2.75) is 6.92 Å². The van der Waals surface area contributed by atoms with Crippen LogP contribution >= 0.6 is 0 Å². The Hall–Kier alpha value is -4.96. The first-order valence-corrected chi connectivity index (χ1v) is 14.9. The van der Waals surface area contributed by atoms with Gasteiger partial charge in [0, 0.05) is 59.8 Å². The van der Waals surface area contributed by atoms with Crippen molar-refractivity contribution in [1.82, 2.24) is 5.32 Å². The van der Waals surface area contributed by atoms with Gasteiger partial charge in [0.15, 0.2) is 0 Å². The number of rotatable bonds is 8. The minimum absolute atomic E-state index is 0.232. The number of carbonyl (C=O) groups is 1. The largest absolute Gasteiger partial charge is 0.455 e. The van der Waals surface area contributed by atoms with Gasteiger partial charge < -0.3 is 20.5 Å². The van der Waals surface area contributed by atoms with Gasteiger partial charge in [0.1, 0.15) is 17.2 Å². The Bertz CT molecular complexity index is 1930. The van der Waals surface area contributed by atoms with Crippen molar-refractivity contribution in [2.75, 3.05) is 30.0 Å². The summed E-state index contributed by atoms with van der Waals surface area (Å²) < 4.78 is 46.4. The van der Waals surface area contributed by atoms with Crippen LogP contribution in [0.15, 0.2) is 83.3 Å². The van der Waals surface area contributed by atoms with E-state index >= 15 is 0 Å². The van der Waals surface area contributed by atoms with E-state index in [1.165, 1.54) is 44.6 Å². The van der Waals surface area contributed by atoms with E-state index in [-0.39, 0.29) is 16.9 Å². The molecule has 8 nitrogen and oxygen atoms in total. The zero-order valence-corrected chi connectivity index (χ0v) is 24.3. The maximum Gasteiger partial charge on any atom is 0.255 e. The van der Waals surface area contributed by atoms with Crippen LogP contribution in [0.4, 0.5) is 21.5 Å². The highest BCUT2D eigenvalue weighted by atomic mass is 32.2. The number of carbonyl (C=O) groups excluding carboxylic acids is 1. The first-order valence-electron chi connectivity index (χ1n) is 13.0. The third-order valence-electron chi connectivity index (χ3n) is 7.05. The monoisotopic (exact) mass is 584 g/mol. The molecule has 0 saturated carbocycles. The lowest BCUT2D eigenvalue weighted by Crippen LogP contribution is -2.25. The van der Waals surface area contributed by atoms with Crippen LogP contribution in [0.1, 0.15) is 21.5 Å². The summed E-state index contributed by atoms with van der Waals surface area (Å²) in [6.45, 7) is 1.99. The maximum absolute atomic E-state index is 13.7. The number of fused-ring (bicyclic) bond motifs is 1. The van der Waals surface area contributed by atoms with Crippen LogP contribution in [0.2, 0.25) is 0 Å². The SMILES string of the molecule is CNC(=O)c1c(-c2ccc(F)cc2)oc2cc(N(C)S(C)(=O)=O)c(-c3ccc(C=N)c(Nc4ccc(C)cc4)c3)cc12. The van der Waals surface area contributed by atoms with E-state index in [4.69, 9.17) is 9.83 Å². The predicted molar refractivity (Wildman–Crippen MR) is 166 cm³/mol. The minimum Gasteiger partial charge on any atom is -0.455 e. The van der Waals surface area contributed by atoms with Crippen LogP contribution in [0.5, 0.6) is 0 Å². The summed E-state index contributed by atoms with van der Waals surface area (Å²) in [6.07, 6.45) is 2.34. The van der Waals surface area contributed by atoms with Crippen LogP contribution in [0.25, 0.3) is 33.4 Å². The highest BCUT2D eigenvalue weighted by Crippen LogP contribution is 2.42. The number of halogens is 1. The number of aryl methyl sites for hydroxylation is 1. The second-order valence-electron chi connectivity index (χ2n) is 9.93. The molecule has 0 atom stereocenters. The van der Waals surface area contributed by atoms with Gasteiger partial charge in [0.05, 0.1) is 17.5 Å². The second-order valence-corrected chi connectivity index (χ2v) is 11.9. The van der Waals surface area contributed by atoms with Crippen molar-refractivity contribution < 1.29 is 22.0 Å². The fourth-order valence-corrected chi connectivity index (χ4v) is 5.22. The Morgan fingerprint density at radius 3 is 2.26 bits per heavy atom. The maximum atomic E-state index is 13.7. The van der Waals surface area contributed by atoms with Crippen LogP contribution < -0.4 is 14.9 Å². The molecule has 5 rings (SSSR count). The Kier molecular flexibility index (Phi) is 7.57. The summed E-state index contributed by atoms with van der Waals surface area (Å²) in [6, 6.07) is 22.1. The molecule has 0 unspecified atom stereocenters. The smallest absolute Gasteiger partial charge is 0.255 e. The van der Waals surface area contributed by atoms with Crippen molar-refractivity contribution in [3.63, 3.8) is 0 Å². The van der Waals surface area contributed by atoms with Gasteiger partial charge in [-0.15, -0.1) is 0 Å². The number of sulfonamides is 1. The number of benzene rings is 4. The van der Waals surface area contributed by atoms with Crippen molar-refractivity contribution in [3.05, 3.63) is 101 Å². The molecule has 0 aliphatic heterocycles. The van der Waals surface area contributed by atoms with Gasteiger partial charge in [0.25, 0.3) is 5.91 Å². The molecule has 42 heavy (non-hydrogen) atoms. The Morgan fingerprint density at radius 2 is 1.64 bits per heavy atom. The van der Waals surface area contributed by atoms with Crippen LogP contribution in [-0.2, 0) is 10.0 Å². The average Bonchev–Trinajstić information content (AvgIpc) is 3.35. The van der Waals surface area contributed by atoms with Gasteiger partial charge in [-0.2, -0.15) is 0 Å². The molecule has 0 radical (unpaired) electrons. The van der Waals surface area contributed by atoms with E-state index in [1.807, 2.05) is 37.3 Å². The lowest BCUT2D eigenvalue weighted by Gasteiger charge is -2.21. The third kappa shape index (κ3) is 5.48. The number of hydrogen-bond donors (Lipinski definition) is 3. The van der Waals surface area contributed by atoms with E-state index in [9.17, 15) is 17.6 Å². The fraction of sp³-hybridized carbons (Fsp3) is 0.125. The van der Waals surface area contributed by atoms with Gasteiger partial charge in [-0.3, -0.25) is 9.10 Å². The second kappa shape index (κ2) is 11.1. The van der Waals surface area contributed by atoms with Crippen molar-refractivity contribution in [2.24, 2.45) is 0 Å². The molecule has 1 amide bonds. The predicted octanol–water partition coefficient (Wildman–Crippen LogP) is 6.71. The number of amides is 1. The summed E-state index contributed by atoms with van der Waals surface area (Å²) in [4.78, 5) is 13.2. The first-order chi connectivity index (χ1) is 20.0.